The smallest absolute Gasteiger partial charge is 0.226 e. The molecule has 1 saturated heterocycles. The number of nitrogens with zero attached hydrogens (tertiary/aromatic N) is 5. The summed E-state index contributed by atoms with van der Waals surface area (Å²) < 4.78 is 9.54. The molecule has 1 fully saturated rings. The van der Waals surface area contributed by atoms with E-state index in [9.17, 15) is 4.79 Å². The first-order valence-electron chi connectivity index (χ1n) is 8.52. The third-order valence-corrected chi connectivity index (χ3v) is 5.28. The molecule has 1 aliphatic heterocycles. The molecule has 2 aromatic heterocycles. The first-order chi connectivity index (χ1) is 11.6. The Morgan fingerprint density at radius 3 is 3.04 bits per heavy atom. The Morgan fingerprint density at radius 1 is 1.38 bits per heavy atom. The van der Waals surface area contributed by atoms with E-state index in [1.54, 1.807) is 0 Å². The summed E-state index contributed by atoms with van der Waals surface area (Å²) in [7, 11) is 3.92. The molecule has 2 aliphatic rings. The van der Waals surface area contributed by atoms with Crippen LogP contribution in [0.5, 0.6) is 0 Å². The zero-order valence-corrected chi connectivity index (χ0v) is 14.2. The second kappa shape index (κ2) is 6.05. The van der Waals surface area contributed by atoms with Crippen LogP contribution in [0.25, 0.3) is 0 Å². The molecule has 7 nitrogen and oxygen atoms in total. The Balaban J connectivity index is 1.56. The first-order valence-corrected chi connectivity index (χ1v) is 8.52. The largest absolute Gasteiger partial charge is 0.377 e. The van der Waals surface area contributed by atoms with Gasteiger partial charge in [-0.2, -0.15) is 0 Å². The Kier molecular flexibility index (Phi) is 3.88. The van der Waals surface area contributed by atoms with E-state index in [0.29, 0.717) is 19.8 Å². The number of carbonyl (C=O) groups is 1. The second-order valence-electron chi connectivity index (χ2n) is 6.71. The number of aryl methyl sites for hydroxylation is 3. The summed E-state index contributed by atoms with van der Waals surface area (Å²) in [6, 6.07) is 4.09. The molecule has 3 heterocycles. The van der Waals surface area contributed by atoms with Gasteiger partial charge in [0.2, 0.25) is 5.91 Å². The van der Waals surface area contributed by atoms with Crippen molar-refractivity contribution in [3.8, 4) is 0 Å². The molecular formula is C17H23N5O2. The number of ether oxygens (including phenoxy) is 1. The van der Waals surface area contributed by atoms with Gasteiger partial charge >= 0.3 is 0 Å². The van der Waals surface area contributed by atoms with Gasteiger partial charge in [0.1, 0.15) is 0 Å². The predicted octanol–water partition coefficient (Wildman–Crippen LogP) is 0.859. The monoisotopic (exact) mass is 329 g/mol. The van der Waals surface area contributed by atoms with Crippen LogP contribution in [-0.2, 0) is 36.5 Å². The van der Waals surface area contributed by atoms with Crippen molar-refractivity contribution >= 4 is 5.91 Å². The number of hydrogen-bond acceptors (Lipinski definition) is 4. The molecule has 0 N–H and O–H groups in total. The number of hydrogen-bond donors (Lipinski definition) is 0. The van der Waals surface area contributed by atoms with Crippen molar-refractivity contribution in [2.24, 2.45) is 20.0 Å². The van der Waals surface area contributed by atoms with Crippen molar-refractivity contribution in [2.75, 3.05) is 19.8 Å². The molecule has 7 heteroatoms. The Hall–Kier alpha value is -2.15. The van der Waals surface area contributed by atoms with Gasteiger partial charge in [-0.3, -0.25) is 9.48 Å². The Morgan fingerprint density at radius 2 is 2.25 bits per heavy atom. The molecule has 1 amide bonds. The van der Waals surface area contributed by atoms with Gasteiger partial charge in [-0.15, -0.1) is 5.10 Å². The van der Waals surface area contributed by atoms with E-state index < -0.39 is 0 Å². The lowest BCUT2D eigenvalue weighted by atomic mass is 9.88. The van der Waals surface area contributed by atoms with Crippen LogP contribution in [0.1, 0.15) is 29.5 Å². The van der Waals surface area contributed by atoms with Crippen molar-refractivity contribution in [3.05, 3.63) is 35.4 Å². The van der Waals surface area contributed by atoms with E-state index in [1.165, 1.54) is 0 Å². The highest BCUT2D eigenvalue weighted by Gasteiger charge is 2.36. The number of morpholine rings is 1. The molecule has 4 rings (SSSR count). The lowest BCUT2D eigenvalue weighted by Gasteiger charge is -2.38. The average molecular weight is 329 g/mol. The van der Waals surface area contributed by atoms with Crippen molar-refractivity contribution in [1.29, 1.82) is 0 Å². The fourth-order valence-electron chi connectivity index (χ4n) is 3.89. The van der Waals surface area contributed by atoms with Crippen LogP contribution in [0, 0.1) is 5.92 Å². The number of rotatable bonds is 2. The molecule has 2 atom stereocenters. The van der Waals surface area contributed by atoms with Gasteiger partial charge in [-0.25, -0.2) is 0 Å². The highest BCUT2D eigenvalue weighted by atomic mass is 16.5. The van der Waals surface area contributed by atoms with Gasteiger partial charge in [0.05, 0.1) is 30.6 Å². The minimum Gasteiger partial charge on any atom is -0.377 e. The molecule has 0 spiro atoms. The molecule has 24 heavy (non-hydrogen) atoms. The van der Waals surface area contributed by atoms with Crippen molar-refractivity contribution in [2.45, 2.75) is 25.3 Å². The topological polar surface area (TPSA) is 65.2 Å². The van der Waals surface area contributed by atoms with Crippen molar-refractivity contribution in [3.63, 3.8) is 0 Å². The van der Waals surface area contributed by atoms with Crippen LogP contribution in [0.2, 0.25) is 0 Å². The van der Waals surface area contributed by atoms with Crippen molar-refractivity contribution in [1.82, 2.24) is 24.5 Å². The molecule has 0 bridgehead atoms. The zero-order valence-electron chi connectivity index (χ0n) is 14.2. The number of fused-ring (bicyclic) bond motifs is 1. The summed E-state index contributed by atoms with van der Waals surface area (Å²) in [6.45, 7) is 1.83. The minimum absolute atomic E-state index is 0.00249. The molecule has 2 unspecified atom stereocenters. The van der Waals surface area contributed by atoms with Crippen LogP contribution in [-0.4, -0.2) is 50.1 Å². The van der Waals surface area contributed by atoms with Crippen LogP contribution in [0.15, 0.2) is 18.3 Å². The van der Waals surface area contributed by atoms with E-state index >= 15 is 0 Å². The SMILES string of the molecule is Cn1cccc1C1COCCN1C(=O)C1CCc2nnn(C)c2C1. The quantitative estimate of drug-likeness (QED) is 0.820. The minimum atomic E-state index is -0.00249. The number of carbonyl (C=O) groups excluding carboxylic acids is 1. The van der Waals surface area contributed by atoms with E-state index in [-0.39, 0.29) is 17.9 Å². The fourth-order valence-corrected chi connectivity index (χ4v) is 3.89. The summed E-state index contributed by atoms with van der Waals surface area (Å²) in [4.78, 5) is 15.2. The highest BCUT2D eigenvalue weighted by Crippen LogP contribution is 2.30. The third kappa shape index (κ3) is 2.53. The third-order valence-electron chi connectivity index (χ3n) is 5.28. The van der Waals surface area contributed by atoms with Gasteiger partial charge in [-0.1, -0.05) is 5.21 Å². The summed E-state index contributed by atoms with van der Waals surface area (Å²) in [6.07, 6.45) is 4.43. The summed E-state index contributed by atoms with van der Waals surface area (Å²) in [5, 5.41) is 8.28. The Bertz CT molecular complexity index is 750. The maximum absolute atomic E-state index is 13.2. The molecule has 0 saturated carbocycles. The van der Waals surface area contributed by atoms with Crippen LogP contribution < -0.4 is 0 Å². The first kappa shape index (κ1) is 15.4. The second-order valence-corrected chi connectivity index (χ2v) is 6.71. The van der Waals surface area contributed by atoms with Gasteiger partial charge in [0.25, 0.3) is 0 Å². The lowest BCUT2D eigenvalue weighted by molar-refractivity contribution is -0.145. The van der Waals surface area contributed by atoms with Crippen LogP contribution in [0.4, 0.5) is 0 Å². The maximum Gasteiger partial charge on any atom is 0.226 e. The lowest BCUT2D eigenvalue weighted by Crippen LogP contribution is -2.47. The standard InChI is InChI=1S/C17H23N5O2/c1-20-7-3-4-14(20)16-11-24-9-8-22(16)17(23)12-5-6-13-15(10-12)21(2)19-18-13/h3-4,7,12,16H,5-6,8-11H2,1-2H3. The van der Waals surface area contributed by atoms with Crippen LogP contribution in [0.3, 0.4) is 0 Å². The van der Waals surface area contributed by atoms with E-state index in [0.717, 1.165) is 36.3 Å². The Labute approximate surface area is 141 Å². The average Bonchev–Trinajstić information content (AvgIpc) is 3.20. The van der Waals surface area contributed by atoms with E-state index in [4.69, 9.17) is 4.74 Å². The zero-order chi connectivity index (χ0) is 16.7. The summed E-state index contributed by atoms with van der Waals surface area (Å²) in [5.74, 6) is 0.243. The molecule has 0 radical (unpaired) electrons. The molecule has 1 aliphatic carbocycles. The van der Waals surface area contributed by atoms with Gasteiger partial charge in [-0.05, 0) is 25.0 Å². The van der Waals surface area contributed by atoms with Gasteiger partial charge < -0.3 is 14.2 Å². The number of aromatic nitrogens is 4. The molecule has 0 aromatic carbocycles. The maximum atomic E-state index is 13.2. The van der Waals surface area contributed by atoms with Crippen LogP contribution >= 0.6 is 0 Å². The summed E-state index contributed by atoms with van der Waals surface area (Å²) in [5.41, 5.74) is 3.27. The fraction of sp³-hybridized carbons (Fsp3) is 0.588. The van der Waals surface area contributed by atoms with Gasteiger partial charge in [0, 0.05) is 44.9 Å². The summed E-state index contributed by atoms with van der Waals surface area (Å²) >= 11 is 0. The normalized spacial score (nSPS) is 24.0. The van der Waals surface area contributed by atoms with E-state index in [1.807, 2.05) is 35.9 Å². The molecule has 128 valence electrons. The van der Waals surface area contributed by atoms with Gasteiger partial charge in [0.15, 0.2) is 0 Å². The number of amides is 1. The molecular weight excluding hydrogens is 306 g/mol. The predicted molar refractivity (Wildman–Crippen MR) is 87.2 cm³/mol. The molecule has 2 aromatic rings. The van der Waals surface area contributed by atoms with Crippen molar-refractivity contribution < 1.29 is 9.53 Å². The highest BCUT2D eigenvalue weighted by molar-refractivity contribution is 5.80. The van der Waals surface area contributed by atoms with E-state index in [2.05, 4.69) is 20.9 Å².